The van der Waals surface area contributed by atoms with Gasteiger partial charge in [-0.05, 0) is 30.3 Å². The van der Waals surface area contributed by atoms with Crippen LogP contribution < -0.4 is 16.0 Å². The quantitative estimate of drug-likeness (QED) is 0.790. The summed E-state index contributed by atoms with van der Waals surface area (Å²) in [7, 11) is 1.49. The van der Waals surface area contributed by atoms with Crippen molar-refractivity contribution in [3.63, 3.8) is 0 Å². The zero-order valence-corrected chi connectivity index (χ0v) is 11.8. The predicted octanol–water partition coefficient (Wildman–Crippen LogP) is 2.34. The van der Waals surface area contributed by atoms with Crippen molar-refractivity contribution in [3.8, 4) is 11.4 Å². The third-order valence-electron chi connectivity index (χ3n) is 3.19. The smallest absolute Gasteiger partial charge is 0.333 e. The average molecular weight is 303 g/mol. The van der Waals surface area contributed by atoms with E-state index in [1.807, 2.05) is 0 Å². The van der Waals surface area contributed by atoms with Gasteiger partial charge in [0.2, 0.25) is 0 Å². The molecule has 0 atom stereocenters. The Hall–Kier alpha value is -2.53. The molecule has 0 aliphatic rings. The zero-order chi connectivity index (χ0) is 15.0. The molecule has 0 fully saturated rings. The highest BCUT2D eigenvalue weighted by atomic mass is 35.5. The number of aromatic amines is 1. The van der Waals surface area contributed by atoms with Gasteiger partial charge in [0, 0.05) is 5.02 Å². The van der Waals surface area contributed by atoms with Crippen LogP contribution in [-0.4, -0.2) is 16.7 Å². The fraction of sp³-hybridized carbons (Fsp3) is 0.0667. The Morgan fingerprint density at radius 3 is 2.67 bits per heavy atom. The van der Waals surface area contributed by atoms with E-state index >= 15 is 0 Å². The standard InChI is InChI=1S/C15H11ClN2O3/c1-21-13-5-3-2-4-12(13)18-14(19)10-7-6-9(16)8-11(10)17-15(18)20/h2-8H,1H3,(H,17,20). The van der Waals surface area contributed by atoms with E-state index < -0.39 is 11.2 Å². The maximum atomic E-state index is 12.6. The van der Waals surface area contributed by atoms with Crippen molar-refractivity contribution in [3.05, 3.63) is 68.3 Å². The summed E-state index contributed by atoms with van der Waals surface area (Å²) in [5.74, 6) is 0.443. The number of ether oxygens (including phenoxy) is 1. The molecule has 1 aromatic heterocycles. The van der Waals surface area contributed by atoms with Crippen LogP contribution in [-0.2, 0) is 0 Å². The second-order valence-electron chi connectivity index (χ2n) is 4.43. The summed E-state index contributed by atoms with van der Waals surface area (Å²) in [6, 6.07) is 11.6. The number of halogens is 1. The van der Waals surface area contributed by atoms with E-state index in [0.29, 0.717) is 27.4 Å². The number of hydrogen-bond acceptors (Lipinski definition) is 3. The molecular formula is C15H11ClN2O3. The Labute approximate surface area is 124 Å². The molecule has 0 bridgehead atoms. The highest BCUT2D eigenvalue weighted by molar-refractivity contribution is 6.31. The summed E-state index contributed by atoms with van der Waals surface area (Å²) in [5, 5.41) is 0.831. The molecule has 3 rings (SSSR count). The van der Waals surface area contributed by atoms with Crippen molar-refractivity contribution < 1.29 is 4.74 Å². The molecule has 0 aliphatic heterocycles. The van der Waals surface area contributed by atoms with Crippen LogP contribution in [0.3, 0.4) is 0 Å². The second-order valence-corrected chi connectivity index (χ2v) is 4.87. The molecular weight excluding hydrogens is 292 g/mol. The van der Waals surface area contributed by atoms with Crippen molar-refractivity contribution in [1.82, 2.24) is 9.55 Å². The lowest BCUT2D eigenvalue weighted by Gasteiger charge is -2.10. The first kappa shape index (κ1) is 13.5. The molecule has 1 heterocycles. The molecule has 21 heavy (non-hydrogen) atoms. The lowest BCUT2D eigenvalue weighted by Crippen LogP contribution is -2.33. The van der Waals surface area contributed by atoms with Crippen molar-refractivity contribution >= 4 is 22.5 Å². The Bertz CT molecular complexity index is 944. The predicted molar refractivity (Wildman–Crippen MR) is 81.7 cm³/mol. The molecule has 1 N–H and O–H groups in total. The molecule has 0 aliphatic carbocycles. The fourth-order valence-corrected chi connectivity index (χ4v) is 2.40. The lowest BCUT2D eigenvalue weighted by atomic mass is 10.2. The number of fused-ring (bicyclic) bond motifs is 1. The van der Waals surface area contributed by atoms with Crippen LogP contribution in [0, 0.1) is 0 Å². The number of nitrogens with one attached hydrogen (secondary N) is 1. The Balaban J connectivity index is 2.41. The van der Waals surface area contributed by atoms with Crippen LogP contribution in [0.1, 0.15) is 0 Å². The van der Waals surface area contributed by atoms with Crippen molar-refractivity contribution in [2.75, 3.05) is 7.11 Å². The van der Waals surface area contributed by atoms with E-state index in [1.54, 1.807) is 42.5 Å². The van der Waals surface area contributed by atoms with Crippen LogP contribution >= 0.6 is 11.6 Å². The summed E-state index contributed by atoms with van der Waals surface area (Å²) in [6.45, 7) is 0. The first-order valence-corrected chi connectivity index (χ1v) is 6.57. The van der Waals surface area contributed by atoms with E-state index in [1.165, 1.54) is 7.11 Å². The number of rotatable bonds is 2. The number of hydrogen-bond donors (Lipinski definition) is 1. The van der Waals surface area contributed by atoms with Crippen molar-refractivity contribution in [2.24, 2.45) is 0 Å². The Morgan fingerprint density at radius 2 is 1.90 bits per heavy atom. The van der Waals surface area contributed by atoms with Gasteiger partial charge >= 0.3 is 5.69 Å². The van der Waals surface area contributed by atoms with E-state index in [-0.39, 0.29) is 0 Å². The summed E-state index contributed by atoms with van der Waals surface area (Å²) in [6.07, 6.45) is 0. The third-order valence-corrected chi connectivity index (χ3v) is 3.42. The Kier molecular flexibility index (Phi) is 3.27. The molecule has 0 saturated carbocycles. The normalized spacial score (nSPS) is 10.8. The van der Waals surface area contributed by atoms with E-state index in [4.69, 9.17) is 16.3 Å². The van der Waals surface area contributed by atoms with Crippen molar-refractivity contribution in [1.29, 1.82) is 0 Å². The van der Waals surface area contributed by atoms with Crippen LogP contribution in [0.25, 0.3) is 16.6 Å². The molecule has 3 aromatic rings. The molecule has 0 spiro atoms. The third kappa shape index (κ3) is 2.21. The molecule has 0 radical (unpaired) electrons. The van der Waals surface area contributed by atoms with Gasteiger partial charge in [-0.3, -0.25) is 4.79 Å². The molecule has 0 unspecified atom stereocenters. The van der Waals surface area contributed by atoms with E-state index in [9.17, 15) is 9.59 Å². The zero-order valence-electron chi connectivity index (χ0n) is 11.1. The first-order valence-electron chi connectivity index (χ1n) is 6.20. The molecule has 0 saturated heterocycles. The van der Waals surface area contributed by atoms with Gasteiger partial charge in [0.1, 0.15) is 5.75 Å². The largest absolute Gasteiger partial charge is 0.495 e. The number of nitrogens with zero attached hydrogens (tertiary/aromatic N) is 1. The maximum Gasteiger partial charge on any atom is 0.333 e. The average Bonchev–Trinajstić information content (AvgIpc) is 2.47. The minimum atomic E-state index is -0.542. The van der Waals surface area contributed by atoms with Crippen LogP contribution in [0.2, 0.25) is 5.02 Å². The van der Waals surface area contributed by atoms with Gasteiger partial charge in [-0.2, -0.15) is 0 Å². The number of methoxy groups -OCH3 is 1. The number of aromatic nitrogens is 2. The van der Waals surface area contributed by atoms with Gasteiger partial charge in [0.25, 0.3) is 5.56 Å². The summed E-state index contributed by atoms with van der Waals surface area (Å²) < 4.78 is 6.26. The van der Waals surface area contributed by atoms with Crippen LogP contribution in [0.4, 0.5) is 0 Å². The highest BCUT2D eigenvalue weighted by Gasteiger charge is 2.13. The summed E-state index contributed by atoms with van der Waals surface area (Å²) >= 11 is 5.88. The molecule has 2 aromatic carbocycles. The highest BCUT2D eigenvalue weighted by Crippen LogP contribution is 2.20. The second kappa shape index (κ2) is 5.10. The lowest BCUT2D eigenvalue weighted by molar-refractivity contribution is 0.412. The van der Waals surface area contributed by atoms with E-state index in [2.05, 4.69) is 4.98 Å². The number of para-hydroxylation sites is 2. The van der Waals surface area contributed by atoms with Crippen LogP contribution in [0.15, 0.2) is 52.1 Å². The number of H-pyrrole nitrogens is 1. The molecule has 0 amide bonds. The maximum absolute atomic E-state index is 12.6. The summed E-state index contributed by atoms with van der Waals surface area (Å²) in [5.41, 5.74) is -0.166. The summed E-state index contributed by atoms with van der Waals surface area (Å²) in [4.78, 5) is 27.5. The molecule has 5 nitrogen and oxygen atoms in total. The van der Waals surface area contributed by atoms with Gasteiger partial charge in [-0.1, -0.05) is 23.7 Å². The SMILES string of the molecule is COc1ccccc1-n1c(=O)[nH]c2cc(Cl)ccc2c1=O. The molecule has 6 heteroatoms. The van der Waals surface area contributed by atoms with Gasteiger partial charge in [0.05, 0.1) is 23.7 Å². The van der Waals surface area contributed by atoms with Gasteiger partial charge in [0.15, 0.2) is 0 Å². The fourth-order valence-electron chi connectivity index (χ4n) is 2.22. The minimum absolute atomic E-state index is 0.380. The van der Waals surface area contributed by atoms with Gasteiger partial charge in [-0.25, -0.2) is 9.36 Å². The first-order chi connectivity index (χ1) is 10.1. The topological polar surface area (TPSA) is 64.1 Å². The van der Waals surface area contributed by atoms with Gasteiger partial charge < -0.3 is 9.72 Å². The minimum Gasteiger partial charge on any atom is -0.495 e. The number of benzene rings is 2. The Morgan fingerprint density at radius 1 is 1.14 bits per heavy atom. The van der Waals surface area contributed by atoms with Crippen LogP contribution in [0.5, 0.6) is 5.75 Å². The van der Waals surface area contributed by atoms with Gasteiger partial charge in [-0.15, -0.1) is 0 Å². The van der Waals surface area contributed by atoms with Crippen molar-refractivity contribution in [2.45, 2.75) is 0 Å². The van der Waals surface area contributed by atoms with E-state index in [0.717, 1.165) is 4.57 Å². The monoisotopic (exact) mass is 302 g/mol. The molecule has 106 valence electrons.